The molecule has 2 aliphatic heterocycles. The Morgan fingerprint density at radius 3 is 2.03 bits per heavy atom. The number of fused-ring (bicyclic) bond motifs is 1. The molecule has 64 heavy (non-hydrogen) atoms. The van der Waals surface area contributed by atoms with Crippen molar-refractivity contribution in [1.82, 2.24) is 15.2 Å². The van der Waals surface area contributed by atoms with Gasteiger partial charge < -0.3 is 29.4 Å². The minimum atomic E-state index is -2.03. The van der Waals surface area contributed by atoms with Crippen LogP contribution in [0.25, 0.3) is 0 Å². The van der Waals surface area contributed by atoms with Crippen LogP contribution in [0.1, 0.15) is 48.7 Å². The van der Waals surface area contributed by atoms with Gasteiger partial charge in [-0.2, -0.15) is 0 Å². The fraction of sp³-hybridized carbons (Fsp3) is 0.286. The third-order valence-electron chi connectivity index (χ3n) is 11.7. The molecule has 0 spiro atoms. The molecule has 0 radical (unpaired) electrons. The molecular weight excluding hydrogens is 863 g/mol. The number of β-lactam (4-membered cyclic amide) rings is 1. The first-order valence-electron chi connectivity index (χ1n) is 20.9. The van der Waals surface area contributed by atoms with Crippen LogP contribution < -0.4 is 15.4 Å². The highest BCUT2D eigenvalue weighted by atomic mass is 32.2. The van der Waals surface area contributed by atoms with E-state index in [0.717, 1.165) is 22.3 Å². The number of carbonyl (C=O) groups excluding carboxylic acids is 3. The fourth-order valence-electron chi connectivity index (χ4n) is 7.25. The molecule has 15 heteroatoms. The highest BCUT2D eigenvalue weighted by Crippen LogP contribution is 2.43. The van der Waals surface area contributed by atoms with Crippen LogP contribution in [0, 0.1) is 0 Å². The van der Waals surface area contributed by atoms with Gasteiger partial charge in [-0.3, -0.25) is 14.5 Å². The van der Waals surface area contributed by atoms with Gasteiger partial charge in [-0.15, -0.1) is 23.1 Å². The molecule has 1 saturated heterocycles. The van der Waals surface area contributed by atoms with Crippen LogP contribution in [-0.4, -0.2) is 79.7 Å². The molecule has 2 N–H and O–H groups in total. The number of aromatic nitrogens is 1. The number of thiazole rings is 1. The van der Waals surface area contributed by atoms with Crippen molar-refractivity contribution in [1.29, 1.82) is 0 Å². The minimum absolute atomic E-state index is 0.0116. The van der Waals surface area contributed by atoms with E-state index in [0.29, 0.717) is 28.8 Å². The molecule has 12 nitrogen and oxygen atoms in total. The predicted molar refractivity (Wildman–Crippen MR) is 256 cm³/mol. The Morgan fingerprint density at radius 1 is 0.891 bits per heavy atom. The summed E-state index contributed by atoms with van der Waals surface area (Å²) >= 11 is 2.75. The number of anilines is 1. The van der Waals surface area contributed by atoms with Crippen molar-refractivity contribution in [3.05, 3.63) is 172 Å². The van der Waals surface area contributed by atoms with E-state index < -0.39 is 43.1 Å². The molecule has 7 rings (SSSR count). The van der Waals surface area contributed by atoms with Crippen LogP contribution in [0.2, 0.25) is 18.1 Å². The first kappa shape index (κ1) is 46.0. The summed E-state index contributed by atoms with van der Waals surface area (Å²) in [6.07, 6.45) is 3.71. The van der Waals surface area contributed by atoms with E-state index in [1.807, 2.05) is 78.9 Å². The average molecular weight is 916 g/mol. The Morgan fingerprint density at radius 2 is 1.48 bits per heavy atom. The number of methoxy groups -OCH3 is 1. The van der Waals surface area contributed by atoms with E-state index in [1.54, 1.807) is 24.6 Å². The fourth-order valence-corrected chi connectivity index (χ4v) is 10.3. The highest BCUT2D eigenvalue weighted by Gasteiger charge is 2.54. The predicted octanol–water partition coefficient (Wildman–Crippen LogP) is 8.88. The second kappa shape index (κ2) is 19.8. The van der Waals surface area contributed by atoms with Gasteiger partial charge in [-0.25, -0.2) is 9.78 Å². The highest BCUT2D eigenvalue weighted by molar-refractivity contribution is 8.00. The maximum absolute atomic E-state index is 14.1. The standard InChI is InChI=1S/C49H53N5O7S2Si/c1-48(2,3)64(6,7)61-29-17-18-34-31-62-45-41(44(56)54(45)42(34)46(57)60-30-33-25-27-38(58-4)28-26-33)51-43(55)40(53-59-5)39-32-63-47(50-39)52-49(35-19-11-8-12-20-35,36-21-13-9-14-22-36)37-23-15-10-16-24-37/h8-28,32,41,45H,29-31H2,1-7H3,(H,50,52)(H,51,55)/b18-17-,53-40-/t41?,45-/m1/s1. The largest absolute Gasteiger partial charge is 0.497 e. The summed E-state index contributed by atoms with van der Waals surface area (Å²) in [6.45, 7) is 11.2. The quantitative estimate of drug-likeness (QED) is 0.0232. The molecular formula is C49H53N5O7S2Si. The molecule has 2 aliphatic rings. The van der Waals surface area contributed by atoms with E-state index in [2.05, 4.69) is 86.1 Å². The molecule has 0 aliphatic carbocycles. The third kappa shape index (κ3) is 9.72. The topological polar surface area (TPSA) is 141 Å². The maximum atomic E-state index is 14.1. The Labute approximate surface area is 383 Å². The van der Waals surface area contributed by atoms with Crippen molar-refractivity contribution in [2.75, 3.05) is 31.9 Å². The lowest BCUT2D eigenvalue weighted by Gasteiger charge is -2.49. The van der Waals surface area contributed by atoms with E-state index in [-0.39, 0.29) is 28.7 Å². The monoisotopic (exact) mass is 915 g/mol. The smallest absolute Gasteiger partial charge is 0.355 e. The summed E-state index contributed by atoms with van der Waals surface area (Å²) in [6, 6.07) is 36.6. The van der Waals surface area contributed by atoms with Crippen LogP contribution >= 0.6 is 23.1 Å². The normalized spacial score (nSPS) is 16.8. The number of hydrogen-bond acceptors (Lipinski definition) is 12. The number of oxime groups is 1. The molecule has 1 aromatic heterocycles. The van der Waals surface area contributed by atoms with Crippen molar-refractivity contribution in [3.8, 4) is 5.75 Å². The second-order valence-corrected chi connectivity index (χ2v) is 23.5. The average Bonchev–Trinajstić information content (AvgIpc) is 3.77. The Bertz CT molecular complexity index is 2430. The van der Waals surface area contributed by atoms with Crippen molar-refractivity contribution < 1.29 is 33.1 Å². The molecule has 0 saturated carbocycles. The Kier molecular flexibility index (Phi) is 14.2. The van der Waals surface area contributed by atoms with Gasteiger partial charge in [0.05, 0.1) is 13.7 Å². The molecule has 1 unspecified atom stereocenters. The Hall–Kier alpha value is -6.00. The zero-order chi connectivity index (χ0) is 45.5. The van der Waals surface area contributed by atoms with Crippen molar-refractivity contribution in [3.63, 3.8) is 0 Å². The van der Waals surface area contributed by atoms with Gasteiger partial charge in [-0.05, 0) is 58.1 Å². The van der Waals surface area contributed by atoms with Crippen LogP contribution in [0.5, 0.6) is 5.75 Å². The van der Waals surface area contributed by atoms with Crippen molar-refractivity contribution in [2.45, 2.75) is 62.5 Å². The number of benzene rings is 4. The lowest BCUT2D eigenvalue weighted by molar-refractivity contribution is -0.153. The summed E-state index contributed by atoms with van der Waals surface area (Å²) < 4.78 is 17.4. The lowest BCUT2D eigenvalue weighted by atomic mass is 9.77. The molecule has 2 amide bonds. The number of amides is 2. The van der Waals surface area contributed by atoms with Gasteiger partial charge in [0.2, 0.25) is 0 Å². The summed E-state index contributed by atoms with van der Waals surface area (Å²) in [5.41, 5.74) is 3.77. The summed E-state index contributed by atoms with van der Waals surface area (Å²) in [7, 11) is 0.895. The van der Waals surface area contributed by atoms with E-state index in [4.69, 9.17) is 23.7 Å². The third-order valence-corrected chi connectivity index (χ3v) is 18.3. The number of nitrogens with one attached hydrogen (secondary N) is 2. The van der Waals surface area contributed by atoms with E-state index in [9.17, 15) is 14.4 Å². The van der Waals surface area contributed by atoms with Crippen LogP contribution in [0.3, 0.4) is 0 Å². The summed E-state index contributed by atoms with van der Waals surface area (Å²) in [5.74, 6) is -0.694. The van der Waals surface area contributed by atoms with Crippen LogP contribution in [0.4, 0.5) is 5.13 Å². The summed E-state index contributed by atoms with van der Waals surface area (Å²) in [4.78, 5) is 53.6. The summed E-state index contributed by atoms with van der Waals surface area (Å²) in [5, 5.41) is 12.4. The zero-order valence-electron chi connectivity index (χ0n) is 37.0. The maximum Gasteiger partial charge on any atom is 0.355 e. The number of esters is 1. The zero-order valence-corrected chi connectivity index (χ0v) is 39.6. The van der Waals surface area contributed by atoms with Crippen LogP contribution in [-0.2, 0) is 40.5 Å². The molecule has 3 heterocycles. The van der Waals surface area contributed by atoms with Gasteiger partial charge in [0.1, 0.15) is 47.8 Å². The number of carbonyl (C=O) groups is 3. The molecule has 0 bridgehead atoms. The van der Waals surface area contributed by atoms with Crippen LogP contribution in [0.15, 0.2) is 149 Å². The van der Waals surface area contributed by atoms with Gasteiger partial charge in [0.15, 0.2) is 19.2 Å². The van der Waals surface area contributed by atoms with E-state index >= 15 is 0 Å². The number of thioether (sulfide) groups is 1. The Balaban J connectivity index is 1.12. The number of ether oxygens (including phenoxy) is 2. The molecule has 4 aromatic carbocycles. The van der Waals surface area contributed by atoms with Gasteiger partial charge in [-0.1, -0.05) is 141 Å². The lowest BCUT2D eigenvalue weighted by Crippen LogP contribution is -2.71. The molecule has 1 fully saturated rings. The molecule has 332 valence electrons. The molecule has 2 atom stereocenters. The van der Waals surface area contributed by atoms with Crippen molar-refractivity contribution in [2.24, 2.45) is 5.16 Å². The van der Waals surface area contributed by atoms with Crippen molar-refractivity contribution >= 4 is 60.0 Å². The second-order valence-electron chi connectivity index (χ2n) is 16.8. The number of allylic oxidation sites excluding steroid dienone is 1. The number of hydrogen-bond donors (Lipinski definition) is 2. The SMILES string of the molecule is CO/N=C(\C(=O)NC1C(=O)N2C(C(=O)OCc3ccc(OC)cc3)=C(/C=C\CO[Si](C)(C)C(C)(C)C)CS[C@H]12)c1csc(NC(c2ccccc2)(c2ccccc2)c2ccccc2)n1. The number of nitrogens with zero attached hydrogens (tertiary/aromatic N) is 3. The first-order valence-corrected chi connectivity index (χ1v) is 25.7. The van der Waals surface area contributed by atoms with Gasteiger partial charge in [0, 0.05) is 11.1 Å². The molecule has 5 aromatic rings. The first-order chi connectivity index (χ1) is 30.8. The minimum Gasteiger partial charge on any atom is -0.497 e. The van der Waals surface area contributed by atoms with Gasteiger partial charge >= 0.3 is 5.97 Å². The van der Waals surface area contributed by atoms with Gasteiger partial charge in [0.25, 0.3) is 11.8 Å². The number of rotatable bonds is 17. The van der Waals surface area contributed by atoms with E-state index in [1.165, 1.54) is 35.1 Å².